The molecule has 1 aromatic heterocycles. The van der Waals surface area contributed by atoms with Gasteiger partial charge in [0.15, 0.2) is 17.2 Å². The molecule has 9 heteroatoms. The molecule has 0 fully saturated rings. The standard InChI is InChI=1S/C20H19N5O4/c1-29-20-23-18-17(19(26)24-20)21-15(13-7-9-14(10-8-13)25(27)28)11-16(22-18)12-5-3-2-4-6-12/h2-10,16,25,27H,11H2,1H3,(H2,22,23,24,26). The van der Waals surface area contributed by atoms with Crippen LogP contribution in [0, 0.1) is 5.21 Å². The lowest BCUT2D eigenvalue weighted by molar-refractivity contribution is -0.991. The summed E-state index contributed by atoms with van der Waals surface area (Å²) in [6.45, 7) is 0. The zero-order chi connectivity index (χ0) is 20.4. The van der Waals surface area contributed by atoms with Gasteiger partial charge in [-0.15, -0.1) is 0 Å². The third-order valence-corrected chi connectivity index (χ3v) is 4.69. The molecule has 2 unspecified atom stereocenters. The van der Waals surface area contributed by atoms with E-state index in [4.69, 9.17) is 9.94 Å². The number of fused-ring (bicyclic) bond motifs is 1. The third kappa shape index (κ3) is 3.87. The van der Waals surface area contributed by atoms with Gasteiger partial charge in [0, 0.05) is 18.6 Å². The van der Waals surface area contributed by atoms with Gasteiger partial charge in [-0.05, 0) is 23.3 Å². The minimum absolute atomic E-state index is 0.0949. The molecule has 0 spiro atoms. The molecular weight excluding hydrogens is 374 g/mol. The van der Waals surface area contributed by atoms with Crippen LogP contribution in [-0.4, -0.2) is 28.0 Å². The molecule has 0 saturated heterocycles. The Morgan fingerprint density at radius 1 is 1.17 bits per heavy atom. The van der Waals surface area contributed by atoms with Crippen LogP contribution in [0.1, 0.15) is 23.6 Å². The second kappa shape index (κ2) is 7.84. The first-order valence-electron chi connectivity index (χ1n) is 8.96. The van der Waals surface area contributed by atoms with Crippen molar-refractivity contribution >= 4 is 22.9 Å². The van der Waals surface area contributed by atoms with Gasteiger partial charge < -0.3 is 15.3 Å². The average molecular weight is 393 g/mol. The van der Waals surface area contributed by atoms with Gasteiger partial charge in [0.25, 0.3) is 11.6 Å². The molecule has 0 radical (unpaired) electrons. The lowest BCUT2D eigenvalue weighted by Crippen LogP contribution is -2.99. The van der Waals surface area contributed by atoms with Crippen molar-refractivity contribution in [3.05, 3.63) is 81.3 Å². The summed E-state index contributed by atoms with van der Waals surface area (Å²) in [5.74, 6) is 0.330. The molecule has 2 aromatic carbocycles. The van der Waals surface area contributed by atoms with E-state index in [9.17, 15) is 10.0 Å². The molecule has 1 aliphatic heterocycles. The number of hydrogen-bond acceptors (Lipinski definition) is 7. The number of benzene rings is 2. The monoisotopic (exact) mass is 393 g/mol. The van der Waals surface area contributed by atoms with Gasteiger partial charge in [0.2, 0.25) is 0 Å². The lowest BCUT2D eigenvalue weighted by Gasteiger charge is -2.19. The normalized spacial score (nSPS) is 16.8. The number of quaternary nitrogens is 1. The van der Waals surface area contributed by atoms with Crippen molar-refractivity contribution < 1.29 is 15.2 Å². The molecule has 1 aliphatic rings. The van der Waals surface area contributed by atoms with Gasteiger partial charge in [-0.3, -0.25) is 9.78 Å². The molecule has 9 nitrogen and oxygen atoms in total. The molecule has 0 aliphatic carbocycles. The predicted octanol–water partition coefficient (Wildman–Crippen LogP) is 1.86. The average Bonchev–Trinajstić information content (AvgIpc) is 2.94. The fourth-order valence-corrected chi connectivity index (χ4v) is 3.21. The minimum atomic E-state index is -0.999. The summed E-state index contributed by atoms with van der Waals surface area (Å²) >= 11 is 0. The maximum atomic E-state index is 12.6. The number of aromatic nitrogens is 2. The van der Waals surface area contributed by atoms with Crippen molar-refractivity contribution in [3.63, 3.8) is 0 Å². The summed E-state index contributed by atoms with van der Waals surface area (Å²) in [6, 6.07) is 16.1. The van der Waals surface area contributed by atoms with Crippen LogP contribution in [0.2, 0.25) is 0 Å². The van der Waals surface area contributed by atoms with Gasteiger partial charge in [-0.25, -0.2) is 10.2 Å². The van der Waals surface area contributed by atoms with Crippen molar-refractivity contribution in [1.82, 2.24) is 9.97 Å². The molecule has 148 valence electrons. The van der Waals surface area contributed by atoms with Crippen LogP contribution in [0.3, 0.4) is 0 Å². The maximum absolute atomic E-state index is 12.6. The van der Waals surface area contributed by atoms with Gasteiger partial charge in [0.1, 0.15) is 0 Å². The largest absolute Gasteiger partial charge is 0.595 e. The van der Waals surface area contributed by atoms with Crippen molar-refractivity contribution in [2.24, 2.45) is 4.99 Å². The van der Waals surface area contributed by atoms with E-state index >= 15 is 0 Å². The Morgan fingerprint density at radius 2 is 1.90 bits per heavy atom. The number of anilines is 1. The smallest absolute Gasteiger partial charge is 0.298 e. The minimum Gasteiger partial charge on any atom is -0.595 e. The first-order chi connectivity index (χ1) is 14.0. The quantitative estimate of drug-likeness (QED) is 0.501. The first-order valence-corrected chi connectivity index (χ1v) is 8.96. The molecule has 0 amide bonds. The fourth-order valence-electron chi connectivity index (χ4n) is 3.21. The van der Waals surface area contributed by atoms with Crippen molar-refractivity contribution in [1.29, 1.82) is 0 Å². The summed E-state index contributed by atoms with van der Waals surface area (Å²) in [5.41, 5.74) is 2.32. The molecule has 4 N–H and O–H groups in total. The molecule has 4 rings (SSSR count). The van der Waals surface area contributed by atoms with Crippen LogP contribution in [-0.2, 0) is 0 Å². The Balaban J connectivity index is 1.83. The van der Waals surface area contributed by atoms with Crippen LogP contribution < -0.4 is 20.8 Å². The topological polar surface area (TPSA) is 127 Å². The fraction of sp³-hybridized carbons (Fsp3) is 0.150. The molecule has 2 atom stereocenters. The number of nitrogens with one attached hydrogen (secondary N) is 3. The summed E-state index contributed by atoms with van der Waals surface area (Å²) in [5, 5.41) is 22.6. The molecule has 0 bridgehead atoms. The van der Waals surface area contributed by atoms with Gasteiger partial charge in [0.05, 0.1) is 18.9 Å². The highest BCUT2D eigenvalue weighted by Gasteiger charge is 2.24. The van der Waals surface area contributed by atoms with Gasteiger partial charge in [-0.2, -0.15) is 10.2 Å². The van der Waals surface area contributed by atoms with E-state index in [1.807, 2.05) is 30.3 Å². The second-order valence-corrected chi connectivity index (χ2v) is 6.53. The molecule has 3 aromatic rings. The first kappa shape index (κ1) is 18.8. The number of aromatic amines is 1. The van der Waals surface area contributed by atoms with Crippen LogP contribution >= 0.6 is 0 Å². The number of rotatable bonds is 4. The molecular formula is C20H19N5O4. The maximum Gasteiger partial charge on any atom is 0.298 e. The Kier molecular flexibility index (Phi) is 5.09. The highest BCUT2D eigenvalue weighted by molar-refractivity contribution is 6.04. The van der Waals surface area contributed by atoms with Crippen LogP contribution in [0.15, 0.2) is 64.4 Å². The SMILES string of the molecule is COc1nc2c(c(=O)[nH]1)N=C(c1ccc([NH+]([O-])O)cc1)CC(c1ccccc1)N2. The van der Waals surface area contributed by atoms with Crippen LogP contribution in [0.25, 0.3) is 0 Å². The summed E-state index contributed by atoms with van der Waals surface area (Å²) in [4.78, 5) is 24.0. The van der Waals surface area contributed by atoms with E-state index in [0.717, 1.165) is 11.1 Å². The zero-order valence-corrected chi connectivity index (χ0v) is 15.5. The van der Waals surface area contributed by atoms with Gasteiger partial charge >= 0.3 is 0 Å². The Bertz CT molecular complexity index is 1090. The number of methoxy groups -OCH3 is 1. The third-order valence-electron chi connectivity index (χ3n) is 4.69. The molecule has 29 heavy (non-hydrogen) atoms. The summed E-state index contributed by atoms with van der Waals surface area (Å²) in [7, 11) is 1.43. The van der Waals surface area contributed by atoms with E-state index in [1.165, 1.54) is 19.2 Å². The Morgan fingerprint density at radius 3 is 2.55 bits per heavy atom. The number of nitrogens with zero attached hydrogens (tertiary/aromatic N) is 2. The number of ether oxygens (including phenoxy) is 1. The van der Waals surface area contributed by atoms with Crippen LogP contribution in [0.5, 0.6) is 6.01 Å². The van der Waals surface area contributed by atoms with E-state index in [0.29, 0.717) is 18.0 Å². The van der Waals surface area contributed by atoms with Crippen molar-refractivity contribution in [3.8, 4) is 6.01 Å². The highest BCUT2D eigenvalue weighted by atomic mass is 16.8. The summed E-state index contributed by atoms with van der Waals surface area (Å²) in [6.07, 6.45) is 0.481. The van der Waals surface area contributed by atoms with Crippen molar-refractivity contribution in [2.45, 2.75) is 12.5 Å². The molecule has 2 heterocycles. The van der Waals surface area contributed by atoms with E-state index in [2.05, 4.69) is 20.3 Å². The number of aliphatic imine (C=N–C) groups is 1. The Hall–Kier alpha value is -3.53. The second-order valence-electron chi connectivity index (χ2n) is 6.53. The highest BCUT2D eigenvalue weighted by Crippen LogP contribution is 2.32. The summed E-state index contributed by atoms with van der Waals surface area (Å²) < 4.78 is 5.08. The number of hydrogen-bond donors (Lipinski definition) is 4. The van der Waals surface area contributed by atoms with E-state index in [1.54, 1.807) is 12.1 Å². The van der Waals surface area contributed by atoms with Crippen LogP contribution in [0.4, 0.5) is 17.2 Å². The zero-order valence-electron chi connectivity index (χ0n) is 15.5. The molecule has 0 saturated carbocycles. The lowest BCUT2D eigenvalue weighted by atomic mass is 9.97. The van der Waals surface area contributed by atoms with E-state index in [-0.39, 0.29) is 23.4 Å². The number of H-pyrrole nitrogens is 1. The predicted molar refractivity (Wildman–Crippen MR) is 107 cm³/mol. The van der Waals surface area contributed by atoms with Gasteiger partial charge in [-0.1, -0.05) is 30.3 Å². The van der Waals surface area contributed by atoms with E-state index < -0.39 is 10.8 Å². The Labute approximate surface area is 165 Å². The van der Waals surface area contributed by atoms with Crippen molar-refractivity contribution in [2.75, 3.05) is 12.4 Å².